The van der Waals surface area contributed by atoms with Gasteiger partial charge in [0.25, 0.3) is 0 Å². The third-order valence-corrected chi connectivity index (χ3v) is 4.59. The van der Waals surface area contributed by atoms with Gasteiger partial charge in [-0.05, 0) is 42.0 Å². The molecule has 0 bridgehead atoms. The van der Waals surface area contributed by atoms with E-state index in [-0.39, 0.29) is 0 Å². The summed E-state index contributed by atoms with van der Waals surface area (Å²) in [6.07, 6.45) is 2.64. The van der Waals surface area contributed by atoms with Crippen molar-refractivity contribution in [1.82, 2.24) is 5.32 Å². The highest BCUT2D eigenvalue weighted by molar-refractivity contribution is 5.47. The highest BCUT2D eigenvalue weighted by Crippen LogP contribution is 2.23. The van der Waals surface area contributed by atoms with Crippen LogP contribution >= 0.6 is 0 Å². The van der Waals surface area contributed by atoms with Crippen molar-refractivity contribution < 1.29 is 0 Å². The summed E-state index contributed by atoms with van der Waals surface area (Å²) in [6.45, 7) is 6.61. The number of nitrogens with one attached hydrogen (secondary N) is 1. The number of anilines is 1. The first-order valence-electron chi connectivity index (χ1n) is 8.40. The average Bonchev–Trinajstić information content (AvgIpc) is 2.57. The first kappa shape index (κ1) is 15.1. The van der Waals surface area contributed by atoms with E-state index in [1.54, 1.807) is 0 Å². The zero-order valence-electron chi connectivity index (χ0n) is 13.5. The Morgan fingerprint density at radius 3 is 2.09 bits per heavy atom. The number of rotatable bonds is 5. The summed E-state index contributed by atoms with van der Waals surface area (Å²) in [5, 5.41) is 3.51. The molecule has 0 radical (unpaired) electrons. The normalized spacial score (nSPS) is 16.0. The van der Waals surface area contributed by atoms with E-state index < -0.39 is 0 Å². The van der Waals surface area contributed by atoms with Crippen molar-refractivity contribution in [3.05, 3.63) is 65.7 Å². The van der Waals surface area contributed by atoms with Gasteiger partial charge in [0.1, 0.15) is 0 Å². The Morgan fingerprint density at radius 2 is 1.45 bits per heavy atom. The van der Waals surface area contributed by atoms with Crippen LogP contribution in [0.3, 0.4) is 0 Å². The topological polar surface area (TPSA) is 15.3 Å². The fraction of sp³-hybridized carbons (Fsp3) is 0.400. The maximum absolute atomic E-state index is 3.51. The zero-order chi connectivity index (χ0) is 15.2. The molecule has 0 atom stereocenters. The summed E-state index contributed by atoms with van der Waals surface area (Å²) in [5.41, 5.74) is 4.06. The van der Waals surface area contributed by atoms with Crippen LogP contribution in [0.25, 0.3) is 0 Å². The molecule has 22 heavy (non-hydrogen) atoms. The highest BCUT2D eigenvalue weighted by Gasteiger charge is 2.15. The molecule has 0 aliphatic carbocycles. The fourth-order valence-electron chi connectivity index (χ4n) is 3.04. The minimum absolute atomic E-state index is 0.887. The van der Waals surface area contributed by atoms with Crippen molar-refractivity contribution in [1.29, 1.82) is 0 Å². The van der Waals surface area contributed by atoms with Gasteiger partial charge in [-0.15, -0.1) is 0 Å². The van der Waals surface area contributed by atoms with Gasteiger partial charge < -0.3 is 10.2 Å². The lowest BCUT2D eigenvalue weighted by Gasteiger charge is -2.32. The molecular formula is C20H26N2. The number of hydrogen-bond acceptors (Lipinski definition) is 2. The van der Waals surface area contributed by atoms with E-state index in [1.165, 1.54) is 42.7 Å². The molecule has 0 saturated carbocycles. The maximum atomic E-state index is 3.51. The fourth-order valence-corrected chi connectivity index (χ4v) is 3.04. The molecule has 1 N–H and O–H groups in total. The van der Waals surface area contributed by atoms with Crippen LogP contribution in [0.1, 0.15) is 30.9 Å². The number of nitrogens with zero attached hydrogens (tertiary/aromatic N) is 1. The van der Waals surface area contributed by atoms with E-state index in [4.69, 9.17) is 0 Å². The molecule has 0 unspecified atom stereocenters. The van der Waals surface area contributed by atoms with Crippen LogP contribution in [0.15, 0.2) is 54.6 Å². The molecule has 116 valence electrons. The molecule has 0 spiro atoms. The molecule has 1 fully saturated rings. The molecule has 0 amide bonds. The van der Waals surface area contributed by atoms with Crippen molar-refractivity contribution in [2.45, 2.75) is 32.9 Å². The summed E-state index contributed by atoms with van der Waals surface area (Å²) in [6, 6.07) is 19.6. The largest absolute Gasteiger partial charge is 0.372 e. The van der Waals surface area contributed by atoms with Crippen LogP contribution < -0.4 is 10.2 Å². The molecule has 1 saturated heterocycles. The second-order valence-corrected chi connectivity index (χ2v) is 6.43. The lowest BCUT2D eigenvalue weighted by molar-refractivity contribution is 0.438. The summed E-state index contributed by atoms with van der Waals surface area (Å²) in [5.74, 6) is 0.887. The molecule has 2 nitrogen and oxygen atoms in total. The SMILES string of the molecule is CC1CCN(c2ccc(CNCc3ccccc3)cc2)CC1. The van der Waals surface area contributed by atoms with Crippen molar-refractivity contribution in [2.75, 3.05) is 18.0 Å². The van der Waals surface area contributed by atoms with Crippen LogP contribution in [0.4, 0.5) is 5.69 Å². The molecule has 2 aromatic rings. The minimum atomic E-state index is 0.887. The van der Waals surface area contributed by atoms with Crippen molar-refractivity contribution in [3.63, 3.8) is 0 Å². The number of benzene rings is 2. The second kappa shape index (κ2) is 7.46. The molecule has 1 heterocycles. The van der Waals surface area contributed by atoms with E-state index >= 15 is 0 Å². The first-order chi connectivity index (χ1) is 10.8. The summed E-state index contributed by atoms with van der Waals surface area (Å²) in [4.78, 5) is 2.52. The summed E-state index contributed by atoms with van der Waals surface area (Å²) in [7, 11) is 0. The monoisotopic (exact) mass is 294 g/mol. The van der Waals surface area contributed by atoms with Crippen molar-refractivity contribution in [3.8, 4) is 0 Å². The molecule has 2 heteroatoms. The van der Waals surface area contributed by atoms with E-state index in [9.17, 15) is 0 Å². The molecule has 1 aliphatic rings. The van der Waals surface area contributed by atoms with E-state index in [1.807, 2.05) is 0 Å². The van der Waals surface area contributed by atoms with Gasteiger partial charge in [0, 0.05) is 31.9 Å². The van der Waals surface area contributed by atoms with E-state index in [2.05, 4.69) is 71.7 Å². The Balaban J connectivity index is 1.49. The van der Waals surface area contributed by atoms with Gasteiger partial charge in [-0.1, -0.05) is 49.4 Å². The second-order valence-electron chi connectivity index (χ2n) is 6.43. The molecule has 1 aliphatic heterocycles. The van der Waals surface area contributed by atoms with Crippen LogP contribution in [0.2, 0.25) is 0 Å². The summed E-state index contributed by atoms with van der Waals surface area (Å²) >= 11 is 0. The Kier molecular flexibility index (Phi) is 5.12. The average molecular weight is 294 g/mol. The Bertz CT molecular complexity index is 554. The molecule has 2 aromatic carbocycles. The third kappa shape index (κ3) is 4.11. The van der Waals surface area contributed by atoms with Gasteiger partial charge in [-0.3, -0.25) is 0 Å². The zero-order valence-corrected chi connectivity index (χ0v) is 13.5. The maximum Gasteiger partial charge on any atom is 0.0366 e. The summed E-state index contributed by atoms with van der Waals surface area (Å²) < 4.78 is 0. The van der Waals surface area contributed by atoms with Crippen LogP contribution in [0.5, 0.6) is 0 Å². The smallest absolute Gasteiger partial charge is 0.0366 e. The predicted octanol–water partition coefficient (Wildman–Crippen LogP) is 4.21. The Labute approximate surface area is 134 Å². The molecule has 3 rings (SSSR count). The van der Waals surface area contributed by atoms with Crippen molar-refractivity contribution in [2.24, 2.45) is 5.92 Å². The Morgan fingerprint density at radius 1 is 0.864 bits per heavy atom. The Hall–Kier alpha value is -1.80. The van der Waals surface area contributed by atoms with Gasteiger partial charge in [-0.25, -0.2) is 0 Å². The van der Waals surface area contributed by atoms with Gasteiger partial charge in [0.15, 0.2) is 0 Å². The van der Waals surface area contributed by atoms with Gasteiger partial charge in [0.05, 0.1) is 0 Å². The van der Waals surface area contributed by atoms with Crippen molar-refractivity contribution >= 4 is 5.69 Å². The van der Waals surface area contributed by atoms with E-state index in [0.29, 0.717) is 0 Å². The quantitative estimate of drug-likeness (QED) is 0.888. The number of piperidine rings is 1. The van der Waals surface area contributed by atoms with Gasteiger partial charge in [-0.2, -0.15) is 0 Å². The van der Waals surface area contributed by atoms with Crippen LogP contribution in [0, 0.1) is 5.92 Å². The highest BCUT2D eigenvalue weighted by atomic mass is 15.1. The minimum Gasteiger partial charge on any atom is -0.372 e. The van der Waals surface area contributed by atoms with Gasteiger partial charge in [0.2, 0.25) is 0 Å². The third-order valence-electron chi connectivity index (χ3n) is 4.59. The molecule has 0 aromatic heterocycles. The van der Waals surface area contributed by atoms with Gasteiger partial charge >= 0.3 is 0 Å². The number of hydrogen-bond donors (Lipinski definition) is 1. The lowest BCUT2D eigenvalue weighted by Crippen LogP contribution is -2.32. The van der Waals surface area contributed by atoms with E-state index in [0.717, 1.165) is 19.0 Å². The van der Waals surface area contributed by atoms with Crippen LogP contribution in [-0.4, -0.2) is 13.1 Å². The van der Waals surface area contributed by atoms with Crippen LogP contribution in [-0.2, 0) is 13.1 Å². The molecular weight excluding hydrogens is 268 g/mol. The standard InChI is InChI=1S/C20H26N2/c1-17-11-13-22(14-12-17)20-9-7-19(8-10-20)16-21-15-18-5-3-2-4-6-18/h2-10,17,21H,11-16H2,1H3. The first-order valence-corrected chi connectivity index (χ1v) is 8.40. The predicted molar refractivity (Wildman–Crippen MR) is 94.0 cm³/mol. The lowest BCUT2D eigenvalue weighted by atomic mass is 9.99.